The molecule has 0 unspecified atom stereocenters. The summed E-state index contributed by atoms with van der Waals surface area (Å²) in [5.74, 6) is 1.00. The topological polar surface area (TPSA) is 113 Å². The molecule has 3 aromatic heterocycles. The van der Waals surface area contributed by atoms with E-state index in [9.17, 15) is 0 Å². The van der Waals surface area contributed by atoms with Crippen LogP contribution in [0.15, 0.2) is 31.2 Å². The fourth-order valence-corrected chi connectivity index (χ4v) is 2.87. The number of nitrogens with zero attached hydrogens (tertiary/aromatic N) is 6. The summed E-state index contributed by atoms with van der Waals surface area (Å²) in [5, 5.41) is 14.7. The van der Waals surface area contributed by atoms with Crippen LogP contribution in [0.3, 0.4) is 0 Å². The highest BCUT2D eigenvalue weighted by Crippen LogP contribution is 2.28. The predicted octanol–water partition coefficient (Wildman–Crippen LogP) is 1.09. The van der Waals surface area contributed by atoms with Crippen molar-refractivity contribution < 1.29 is 9.90 Å². The Morgan fingerprint density at radius 2 is 1.91 bits per heavy atom. The fraction of sp³-hybridized carbons (Fsp3) is 0.357. The Kier molecular flexibility index (Phi) is 4.46. The third kappa shape index (κ3) is 3.12. The molecule has 4 rings (SSSR count). The number of hydrogen-bond donors (Lipinski definition) is 2. The largest absolute Gasteiger partial charge is 0.483 e. The minimum absolute atomic E-state index is 0.250. The number of piperidine rings is 1. The van der Waals surface area contributed by atoms with Crippen LogP contribution in [0.1, 0.15) is 18.9 Å². The van der Waals surface area contributed by atoms with Gasteiger partial charge in [-0.15, -0.1) is 10.2 Å². The van der Waals surface area contributed by atoms with Crippen LogP contribution in [0.4, 0.5) is 5.82 Å². The lowest BCUT2D eigenvalue weighted by molar-refractivity contribution is -0.122. The summed E-state index contributed by atoms with van der Waals surface area (Å²) < 4.78 is 2.10. The fourth-order valence-electron chi connectivity index (χ4n) is 2.87. The summed E-state index contributed by atoms with van der Waals surface area (Å²) >= 11 is 0. The number of hydrogen-bond acceptors (Lipinski definition) is 6. The second-order valence-corrected chi connectivity index (χ2v) is 5.17. The summed E-state index contributed by atoms with van der Waals surface area (Å²) in [4.78, 5) is 22.6. The van der Waals surface area contributed by atoms with Gasteiger partial charge in [-0.25, -0.2) is 9.97 Å². The Labute approximate surface area is 132 Å². The smallest absolute Gasteiger partial charge is 0.290 e. The van der Waals surface area contributed by atoms with Gasteiger partial charge in [-0.1, -0.05) is 0 Å². The lowest BCUT2D eigenvalue weighted by atomic mass is 10.1. The quantitative estimate of drug-likeness (QED) is 0.681. The van der Waals surface area contributed by atoms with Gasteiger partial charge in [-0.05, 0) is 18.9 Å². The highest BCUT2D eigenvalue weighted by atomic mass is 16.3. The molecule has 2 N–H and O–H groups in total. The molecule has 0 saturated carbocycles. The van der Waals surface area contributed by atoms with Crippen molar-refractivity contribution in [3.63, 3.8) is 0 Å². The summed E-state index contributed by atoms with van der Waals surface area (Å²) in [5.41, 5.74) is 1.99. The molecule has 9 heteroatoms. The average Bonchev–Trinajstić information content (AvgIpc) is 3.27. The second-order valence-electron chi connectivity index (χ2n) is 5.17. The predicted molar refractivity (Wildman–Crippen MR) is 83.1 cm³/mol. The molecule has 3 aromatic rings. The lowest BCUT2D eigenvalue weighted by Gasteiger charge is -2.33. The molecule has 23 heavy (non-hydrogen) atoms. The molecule has 1 aliphatic rings. The number of fused-ring (bicyclic) bond motifs is 1. The number of carbonyl (C=O) groups is 1. The molecule has 1 fully saturated rings. The Morgan fingerprint density at radius 3 is 2.61 bits per heavy atom. The number of nitrogens with one attached hydrogen (secondary N) is 1. The number of carboxylic acid groups (broad SMARTS) is 1. The van der Waals surface area contributed by atoms with Crippen LogP contribution in [0, 0.1) is 0 Å². The highest BCUT2D eigenvalue weighted by Gasteiger charge is 2.22. The van der Waals surface area contributed by atoms with Gasteiger partial charge < -0.3 is 19.6 Å². The van der Waals surface area contributed by atoms with Gasteiger partial charge in [-0.3, -0.25) is 4.79 Å². The normalized spacial score (nSPS) is 15.2. The lowest BCUT2D eigenvalue weighted by Crippen LogP contribution is -2.35. The second kappa shape index (κ2) is 6.86. The van der Waals surface area contributed by atoms with Crippen molar-refractivity contribution in [1.82, 2.24) is 29.7 Å². The van der Waals surface area contributed by atoms with Gasteiger partial charge in [-0.2, -0.15) is 0 Å². The first-order chi connectivity index (χ1) is 11.3. The summed E-state index contributed by atoms with van der Waals surface area (Å²) in [6.45, 7) is 1.71. The number of anilines is 1. The van der Waals surface area contributed by atoms with E-state index in [1.165, 1.54) is 0 Å². The molecule has 0 aliphatic carbocycles. The Hall–Kier alpha value is -2.97. The Balaban J connectivity index is 0.000000485. The van der Waals surface area contributed by atoms with Crippen LogP contribution in [-0.2, 0) is 4.79 Å². The van der Waals surface area contributed by atoms with Gasteiger partial charge in [0.2, 0.25) is 0 Å². The van der Waals surface area contributed by atoms with Crippen LogP contribution in [0.2, 0.25) is 0 Å². The van der Waals surface area contributed by atoms with Crippen molar-refractivity contribution in [3.8, 4) is 0 Å². The molecule has 120 valence electrons. The van der Waals surface area contributed by atoms with E-state index in [0.29, 0.717) is 6.04 Å². The van der Waals surface area contributed by atoms with Crippen LogP contribution in [0.25, 0.3) is 11.0 Å². The van der Waals surface area contributed by atoms with E-state index in [-0.39, 0.29) is 6.47 Å². The Bertz CT molecular complexity index is 747. The first-order valence-electron chi connectivity index (χ1n) is 7.28. The van der Waals surface area contributed by atoms with E-state index < -0.39 is 0 Å². The molecule has 0 amide bonds. The SMILES string of the molecule is O=CO.c1nc(N2CCC(n3cnnc3)CC2)c2[nH]ccc2n1. The number of aromatic amines is 1. The molecule has 1 aliphatic heterocycles. The number of H-pyrrole nitrogens is 1. The third-order valence-corrected chi connectivity index (χ3v) is 3.95. The highest BCUT2D eigenvalue weighted by molar-refractivity contribution is 5.85. The monoisotopic (exact) mass is 315 g/mol. The van der Waals surface area contributed by atoms with Crippen LogP contribution in [0.5, 0.6) is 0 Å². The summed E-state index contributed by atoms with van der Waals surface area (Å²) in [7, 11) is 0. The van der Waals surface area contributed by atoms with Gasteiger partial charge in [0.15, 0.2) is 5.82 Å². The van der Waals surface area contributed by atoms with E-state index >= 15 is 0 Å². The molecule has 9 nitrogen and oxygen atoms in total. The van der Waals surface area contributed by atoms with E-state index in [1.54, 1.807) is 19.0 Å². The van der Waals surface area contributed by atoms with E-state index in [2.05, 4.69) is 34.6 Å². The standard InChI is InChI=1S/C13H15N7.CH2O2/c1-4-14-12-11(1)15-7-16-13(12)19-5-2-10(3-6-19)20-8-17-18-9-20;2-1-3/h1,4,7-10,14H,2-3,5-6H2;1H,(H,2,3). The van der Waals surface area contributed by atoms with Crippen molar-refractivity contribution in [3.05, 3.63) is 31.2 Å². The maximum absolute atomic E-state index is 8.36. The minimum Gasteiger partial charge on any atom is -0.483 e. The molecule has 0 aromatic carbocycles. The van der Waals surface area contributed by atoms with Crippen LogP contribution >= 0.6 is 0 Å². The molecule has 0 bridgehead atoms. The zero-order valence-corrected chi connectivity index (χ0v) is 12.4. The summed E-state index contributed by atoms with van der Waals surface area (Å²) in [6, 6.07) is 2.46. The average molecular weight is 315 g/mol. The molecule has 0 radical (unpaired) electrons. The molecule has 4 heterocycles. The van der Waals surface area contributed by atoms with Gasteiger partial charge in [0, 0.05) is 25.3 Å². The van der Waals surface area contributed by atoms with E-state index in [0.717, 1.165) is 42.8 Å². The van der Waals surface area contributed by atoms with Crippen molar-refractivity contribution in [1.29, 1.82) is 0 Å². The van der Waals surface area contributed by atoms with Crippen molar-refractivity contribution in [2.24, 2.45) is 0 Å². The van der Waals surface area contributed by atoms with Crippen LogP contribution in [-0.4, -0.2) is 54.4 Å². The summed E-state index contributed by atoms with van der Waals surface area (Å²) in [6.07, 6.45) is 9.29. The van der Waals surface area contributed by atoms with Gasteiger partial charge >= 0.3 is 0 Å². The zero-order valence-electron chi connectivity index (χ0n) is 12.4. The number of rotatable bonds is 2. The first kappa shape index (κ1) is 14.9. The Morgan fingerprint density at radius 1 is 1.22 bits per heavy atom. The maximum atomic E-state index is 8.36. The molecular weight excluding hydrogens is 298 g/mol. The molecule has 0 atom stereocenters. The number of aromatic nitrogens is 6. The third-order valence-electron chi connectivity index (χ3n) is 3.95. The van der Waals surface area contributed by atoms with Gasteiger partial charge in [0.05, 0.1) is 5.52 Å². The van der Waals surface area contributed by atoms with E-state index in [1.807, 2.05) is 12.3 Å². The first-order valence-corrected chi connectivity index (χ1v) is 7.28. The zero-order chi connectivity index (χ0) is 16.1. The van der Waals surface area contributed by atoms with Crippen molar-refractivity contribution >= 4 is 23.3 Å². The van der Waals surface area contributed by atoms with Gasteiger partial charge in [0.25, 0.3) is 6.47 Å². The van der Waals surface area contributed by atoms with Crippen molar-refractivity contribution in [2.45, 2.75) is 18.9 Å². The maximum Gasteiger partial charge on any atom is 0.290 e. The molecule has 0 spiro atoms. The van der Waals surface area contributed by atoms with Gasteiger partial charge in [0.1, 0.15) is 24.5 Å². The molecular formula is C14H17N7O2. The van der Waals surface area contributed by atoms with Crippen molar-refractivity contribution in [2.75, 3.05) is 18.0 Å². The van der Waals surface area contributed by atoms with Crippen LogP contribution < -0.4 is 4.90 Å². The van der Waals surface area contributed by atoms with E-state index in [4.69, 9.17) is 9.90 Å². The molecule has 1 saturated heterocycles. The minimum atomic E-state index is -0.250.